The van der Waals surface area contributed by atoms with E-state index in [1.54, 1.807) is 20.8 Å². The number of likely N-dealkylation sites (N-methyl/N-ethyl adjacent to an activating group) is 1. The molecule has 31 heavy (non-hydrogen) atoms. The number of hydrogen-bond donors (Lipinski definition) is 2. The largest absolute Gasteiger partial charge is 0.460 e. The number of benzene rings is 1. The Labute approximate surface area is 183 Å². The van der Waals surface area contributed by atoms with Crippen LogP contribution in [0.25, 0.3) is 10.4 Å². The molecule has 9 nitrogen and oxygen atoms in total. The monoisotopic (exact) mass is 431 g/mol. The summed E-state index contributed by atoms with van der Waals surface area (Å²) in [4.78, 5) is 40.4. The maximum absolute atomic E-state index is 13.0. The van der Waals surface area contributed by atoms with E-state index in [2.05, 4.69) is 20.7 Å². The van der Waals surface area contributed by atoms with Crippen molar-refractivity contribution < 1.29 is 19.1 Å². The van der Waals surface area contributed by atoms with Gasteiger partial charge in [-0.15, -0.1) is 0 Å². The summed E-state index contributed by atoms with van der Waals surface area (Å²) in [6.07, 6.45) is 1.87. The predicted molar refractivity (Wildman–Crippen MR) is 118 cm³/mol. The molecule has 9 heteroatoms. The lowest BCUT2D eigenvalue weighted by molar-refractivity contribution is -0.157. The summed E-state index contributed by atoms with van der Waals surface area (Å²) < 4.78 is 5.37. The normalized spacial score (nSPS) is 12.8. The van der Waals surface area contributed by atoms with Crippen LogP contribution in [0, 0.1) is 5.92 Å². The van der Waals surface area contributed by atoms with Crippen LogP contribution in [-0.4, -0.2) is 43.0 Å². The van der Waals surface area contributed by atoms with Crippen molar-refractivity contribution in [1.29, 1.82) is 0 Å². The molecule has 0 bridgehead atoms. The molecule has 0 aliphatic heterocycles. The molecular formula is C22H33N5O4. The van der Waals surface area contributed by atoms with E-state index >= 15 is 0 Å². The number of azide groups is 1. The molecule has 2 N–H and O–H groups in total. The molecular weight excluding hydrogens is 398 g/mol. The Morgan fingerprint density at radius 3 is 2.39 bits per heavy atom. The van der Waals surface area contributed by atoms with Gasteiger partial charge in [0.15, 0.2) is 0 Å². The molecule has 0 aliphatic carbocycles. The first-order valence-electron chi connectivity index (χ1n) is 10.4. The van der Waals surface area contributed by atoms with Crippen LogP contribution in [0.4, 0.5) is 0 Å². The second-order valence-electron chi connectivity index (χ2n) is 8.30. The molecule has 0 saturated carbocycles. The molecule has 1 aromatic rings. The standard InChI is InChI=1S/C22H33N5O4/c1-22(2,3)31-19(28)15-17(12-8-9-13-25-27-23)20(29)26-18(21(30)24-4)14-16-10-6-5-7-11-16/h5-7,10-11,17-18H,8-9,12-15H2,1-4H3,(H,24,30)(H,26,29)/t17-,18+/m1/s1. The Kier molecular flexibility index (Phi) is 11.1. The lowest BCUT2D eigenvalue weighted by Crippen LogP contribution is -2.49. The van der Waals surface area contributed by atoms with Crippen LogP contribution in [0.3, 0.4) is 0 Å². The van der Waals surface area contributed by atoms with Crippen molar-refractivity contribution in [3.63, 3.8) is 0 Å². The summed E-state index contributed by atoms with van der Waals surface area (Å²) in [6.45, 7) is 5.62. The summed E-state index contributed by atoms with van der Waals surface area (Å²) >= 11 is 0. The van der Waals surface area contributed by atoms with Crippen LogP contribution in [0.1, 0.15) is 52.0 Å². The number of carbonyl (C=O) groups excluding carboxylic acids is 3. The van der Waals surface area contributed by atoms with Crippen molar-refractivity contribution in [2.75, 3.05) is 13.6 Å². The van der Waals surface area contributed by atoms with Gasteiger partial charge < -0.3 is 15.4 Å². The first-order valence-corrected chi connectivity index (χ1v) is 10.4. The fourth-order valence-corrected chi connectivity index (χ4v) is 3.05. The number of nitrogens with one attached hydrogen (secondary N) is 2. The number of unbranched alkanes of at least 4 members (excludes halogenated alkanes) is 1. The van der Waals surface area contributed by atoms with Gasteiger partial charge in [-0.25, -0.2) is 0 Å². The highest BCUT2D eigenvalue weighted by molar-refractivity contribution is 5.90. The predicted octanol–water partition coefficient (Wildman–Crippen LogP) is 3.29. The Balaban J connectivity index is 2.87. The van der Waals surface area contributed by atoms with Crippen molar-refractivity contribution in [1.82, 2.24) is 10.6 Å². The molecule has 0 saturated heterocycles. The van der Waals surface area contributed by atoms with E-state index in [0.29, 0.717) is 32.2 Å². The third-order valence-electron chi connectivity index (χ3n) is 4.49. The summed E-state index contributed by atoms with van der Waals surface area (Å²) in [5.41, 5.74) is 8.64. The molecule has 0 fully saturated rings. The van der Waals surface area contributed by atoms with Crippen LogP contribution in [-0.2, 0) is 25.5 Å². The van der Waals surface area contributed by atoms with Crippen LogP contribution in [0.2, 0.25) is 0 Å². The molecule has 0 spiro atoms. The van der Waals surface area contributed by atoms with Crippen LogP contribution < -0.4 is 10.6 Å². The zero-order chi connectivity index (χ0) is 23.3. The van der Waals surface area contributed by atoms with Gasteiger partial charge in [0, 0.05) is 30.8 Å². The van der Waals surface area contributed by atoms with Gasteiger partial charge in [0.25, 0.3) is 0 Å². The van der Waals surface area contributed by atoms with Gasteiger partial charge in [0.2, 0.25) is 11.8 Å². The number of nitrogens with zero attached hydrogens (tertiary/aromatic N) is 3. The van der Waals surface area contributed by atoms with E-state index in [4.69, 9.17) is 10.3 Å². The summed E-state index contributed by atoms with van der Waals surface area (Å²) in [5, 5.41) is 8.86. The van der Waals surface area contributed by atoms with E-state index in [1.807, 2.05) is 30.3 Å². The maximum Gasteiger partial charge on any atom is 0.307 e. The number of rotatable bonds is 12. The summed E-state index contributed by atoms with van der Waals surface area (Å²) in [6, 6.07) is 8.63. The molecule has 0 unspecified atom stereocenters. The van der Waals surface area contributed by atoms with E-state index < -0.39 is 23.5 Å². The zero-order valence-electron chi connectivity index (χ0n) is 18.8. The van der Waals surface area contributed by atoms with Gasteiger partial charge in [0.05, 0.1) is 6.42 Å². The highest BCUT2D eigenvalue weighted by Crippen LogP contribution is 2.18. The molecule has 2 atom stereocenters. The average molecular weight is 432 g/mol. The van der Waals surface area contributed by atoms with Crippen molar-refractivity contribution in [2.45, 2.75) is 64.5 Å². The molecule has 1 rings (SSSR count). The van der Waals surface area contributed by atoms with Gasteiger partial charge in [0.1, 0.15) is 11.6 Å². The molecule has 1 aromatic carbocycles. The van der Waals surface area contributed by atoms with Crippen LogP contribution >= 0.6 is 0 Å². The first-order chi connectivity index (χ1) is 14.7. The fraction of sp³-hybridized carbons (Fsp3) is 0.591. The number of esters is 1. The Hall–Kier alpha value is -3.06. The number of amides is 2. The molecule has 170 valence electrons. The summed E-state index contributed by atoms with van der Waals surface area (Å²) in [5.74, 6) is -1.80. The van der Waals surface area contributed by atoms with E-state index in [0.717, 1.165) is 5.56 Å². The Bertz CT molecular complexity index is 770. The lowest BCUT2D eigenvalue weighted by atomic mass is 9.96. The minimum Gasteiger partial charge on any atom is -0.460 e. The van der Waals surface area contributed by atoms with E-state index in [9.17, 15) is 14.4 Å². The van der Waals surface area contributed by atoms with Crippen LogP contribution in [0.15, 0.2) is 35.4 Å². The van der Waals surface area contributed by atoms with Crippen molar-refractivity contribution in [3.8, 4) is 0 Å². The SMILES string of the molecule is CNC(=O)[C@H](Cc1ccccc1)NC(=O)[C@H](CCCCN=[N+]=[N-])CC(=O)OC(C)(C)C. The van der Waals surface area contributed by atoms with E-state index in [1.165, 1.54) is 7.05 Å². The van der Waals surface area contributed by atoms with Gasteiger partial charge in [-0.3, -0.25) is 14.4 Å². The second-order valence-corrected chi connectivity index (χ2v) is 8.30. The molecule has 2 amide bonds. The highest BCUT2D eigenvalue weighted by Gasteiger charge is 2.28. The zero-order valence-corrected chi connectivity index (χ0v) is 18.8. The summed E-state index contributed by atoms with van der Waals surface area (Å²) in [7, 11) is 1.51. The Morgan fingerprint density at radius 2 is 1.81 bits per heavy atom. The van der Waals surface area contributed by atoms with Gasteiger partial charge in [-0.2, -0.15) is 0 Å². The second kappa shape index (κ2) is 13.3. The molecule has 0 aliphatic rings. The van der Waals surface area contributed by atoms with Gasteiger partial charge >= 0.3 is 5.97 Å². The lowest BCUT2D eigenvalue weighted by Gasteiger charge is -2.24. The molecule has 0 heterocycles. The maximum atomic E-state index is 13.0. The number of ether oxygens (including phenoxy) is 1. The van der Waals surface area contributed by atoms with Crippen molar-refractivity contribution >= 4 is 17.8 Å². The number of hydrogen-bond acceptors (Lipinski definition) is 5. The molecule has 0 aromatic heterocycles. The first kappa shape index (κ1) is 26.0. The average Bonchev–Trinajstić information content (AvgIpc) is 2.71. The highest BCUT2D eigenvalue weighted by atomic mass is 16.6. The fourth-order valence-electron chi connectivity index (χ4n) is 3.05. The van der Waals surface area contributed by atoms with Crippen molar-refractivity contribution in [2.24, 2.45) is 11.0 Å². The quantitative estimate of drug-likeness (QED) is 0.173. The van der Waals surface area contributed by atoms with Crippen LogP contribution in [0.5, 0.6) is 0 Å². The van der Waals surface area contributed by atoms with E-state index in [-0.39, 0.29) is 18.2 Å². The smallest absolute Gasteiger partial charge is 0.307 e. The number of carbonyl (C=O) groups is 3. The minimum absolute atomic E-state index is 0.0869. The van der Waals surface area contributed by atoms with Gasteiger partial charge in [-0.05, 0) is 44.7 Å². The third-order valence-corrected chi connectivity index (χ3v) is 4.49. The minimum atomic E-state index is -0.760. The topological polar surface area (TPSA) is 133 Å². The van der Waals surface area contributed by atoms with Gasteiger partial charge in [-0.1, -0.05) is 41.9 Å². The van der Waals surface area contributed by atoms with Crippen molar-refractivity contribution in [3.05, 3.63) is 46.3 Å². The Morgan fingerprint density at radius 1 is 1.13 bits per heavy atom. The third kappa shape index (κ3) is 11.1. The molecule has 0 radical (unpaired) electrons.